The third-order valence-electron chi connectivity index (χ3n) is 4.97. The monoisotopic (exact) mass is 408 g/mol. The minimum atomic E-state index is -0.150. The number of aromatic nitrogens is 1. The number of rotatable bonds is 7. The summed E-state index contributed by atoms with van der Waals surface area (Å²) >= 11 is 0. The smallest absolute Gasteiger partial charge is 0.256 e. The number of benzene rings is 3. The molecule has 0 unspecified atom stereocenters. The molecule has 0 radical (unpaired) electrons. The summed E-state index contributed by atoms with van der Waals surface area (Å²) in [6, 6.07) is 28.7. The van der Waals surface area contributed by atoms with Crippen molar-refractivity contribution in [3.63, 3.8) is 0 Å². The second-order valence-corrected chi connectivity index (χ2v) is 7.20. The van der Waals surface area contributed by atoms with Crippen LogP contribution < -0.4 is 16.4 Å². The quantitative estimate of drug-likeness (QED) is 0.366. The Hall–Kier alpha value is -4.12. The number of carbonyl (C=O) groups excluding carboxylic acids is 1. The zero-order chi connectivity index (χ0) is 21.5. The molecule has 4 aromatic rings. The van der Waals surface area contributed by atoms with E-state index in [-0.39, 0.29) is 5.91 Å². The van der Waals surface area contributed by atoms with Crippen LogP contribution in [0, 0.1) is 0 Å². The lowest BCUT2D eigenvalue weighted by Gasteiger charge is -2.12. The van der Waals surface area contributed by atoms with E-state index in [1.807, 2.05) is 91.0 Å². The van der Waals surface area contributed by atoms with Gasteiger partial charge in [0, 0.05) is 47.5 Å². The first-order chi connectivity index (χ1) is 15.2. The van der Waals surface area contributed by atoms with Crippen LogP contribution in [-0.4, -0.2) is 17.4 Å². The van der Waals surface area contributed by atoms with Crippen molar-refractivity contribution in [2.75, 3.05) is 22.9 Å². The standard InChI is InChI=1S/C26H24N4O/c27-20-10-8-19(9-11-20)24-6-1-2-7-25(24)26(31)30-23-14-12-22(13-15-23)29-18-16-21-5-3-4-17-28-21/h1-15,17,29H,16,18,27H2,(H,30,31). The van der Waals surface area contributed by atoms with E-state index in [1.165, 1.54) is 0 Å². The molecule has 0 atom stereocenters. The molecule has 5 nitrogen and oxygen atoms in total. The number of hydrogen-bond donors (Lipinski definition) is 3. The highest BCUT2D eigenvalue weighted by Gasteiger charge is 2.12. The van der Waals surface area contributed by atoms with Crippen molar-refractivity contribution in [1.82, 2.24) is 4.98 Å². The zero-order valence-corrected chi connectivity index (χ0v) is 17.1. The Morgan fingerprint density at radius 2 is 1.52 bits per heavy atom. The molecule has 0 aliphatic carbocycles. The molecule has 154 valence electrons. The van der Waals surface area contributed by atoms with Gasteiger partial charge in [-0.1, -0.05) is 36.4 Å². The fraction of sp³-hybridized carbons (Fsp3) is 0.0769. The van der Waals surface area contributed by atoms with E-state index in [9.17, 15) is 4.79 Å². The van der Waals surface area contributed by atoms with Gasteiger partial charge in [0.05, 0.1) is 0 Å². The number of carbonyl (C=O) groups is 1. The molecule has 0 saturated carbocycles. The molecule has 1 aromatic heterocycles. The molecule has 1 heterocycles. The molecule has 0 spiro atoms. The molecule has 1 amide bonds. The Balaban J connectivity index is 1.39. The number of nitrogens with two attached hydrogens (primary N) is 1. The van der Waals surface area contributed by atoms with Gasteiger partial charge in [0.15, 0.2) is 0 Å². The van der Waals surface area contributed by atoms with Crippen LogP contribution in [0.4, 0.5) is 17.1 Å². The maximum absolute atomic E-state index is 12.9. The average molecular weight is 409 g/mol. The molecule has 0 bridgehead atoms. The summed E-state index contributed by atoms with van der Waals surface area (Å²) in [5.41, 5.74) is 11.7. The predicted octanol–water partition coefficient (Wildman–Crippen LogP) is 5.24. The van der Waals surface area contributed by atoms with Crippen molar-refractivity contribution in [2.45, 2.75) is 6.42 Å². The van der Waals surface area contributed by atoms with E-state index in [0.29, 0.717) is 11.3 Å². The van der Waals surface area contributed by atoms with Crippen LogP contribution in [0.3, 0.4) is 0 Å². The molecule has 4 N–H and O–H groups in total. The molecule has 0 fully saturated rings. The van der Waals surface area contributed by atoms with Crippen LogP contribution >= 0.6 is 0 Å². The van der Waals surface area contributed by atoms with E-state index in [0.717, 1.165) is 41.2 Å². The summed E-state index contributed by atoms with van der Waals surface area (Å²) in [4.78, 5) is 17.3. The first-order valence-electron chi connectivity index (χ1n) is 10.2. The van der Waals surface area contributed by atoms with Crippen molar-refractivity contribution in [1.29, 1.82) is 0 Å². The van der Waals surface area contributed by atoms with E-state index < -0.39 is 0 Å². The average Bonchev–Trinajstić information content (AvgIpc) is 2.81. The molecular formula is C26H24N4O. The summed E-state index contributed by atoms with van der Waals surface area (Å²) in [6.07, 6.45) is 2.65. The van der Waals surface area contributed by atoms with Crippen LogP contribution in [0.25, 0.3) is 11.1 Å². The highest BCUT2D eigenvalue weighted by molar-refractivity contribution is 6.08. The van der Waals surface area contributed by atoms with Gasteiger partial charge in [-0.05, 0) is 65.7 Å². The van der Waals surface area contributed by atoms with Crippen LogP contribution in [-0.2, 0) is 6.42 Å². The number of amides is 1. The molecule has 0 saturated heterocycles. The fourth-order valence-electron chi connectivity index (χ4n) is 3.35. The Kier molecular flexibility index (Phi) is 6.24. The fourth-order valence-corrected chi connectivity index (χ4v) is 3.35. The van der Waals surface area contributed by atoms with Gasteiger partial charge in [-0.2, -0.15) is 0 Å². The second-order valence-electron chi connectivity index (χ2n) is 7.20. The molecule has 31 heavy (non-hydrogen) atoms. The van der Waals surface area contributed by atoms with Crippen molar-refractivity contribution in [3.8, 4) is 11.1 Å². The first-order valence-corrected chi connectivity index (χ1v) is 10.2. The summed E-state index contributed by atoms with van der Waals surface area (Å²) < 4.78 is 0. The Bertz CT molecular complexity index is 1140. The zero-order valence-electron chi connectivity index (χ0n) is 17.1. The number of anilines is 3. The minimum Gasteiger partial charge on any atom is -0.399 e. The van der Waals surface area contributed by atoms with Gasteiger partial charge in [-0.25, -0.2) is 0 Å². The molecule has 4 rings (SSSR count). The van der Waals surface area contributed by atoms with Crippen molar-refractivity contribution < 1.29 is 4.79 Å². The van der Waals surface area contributed by atoms with Crippen molar-refractivity contribution in [2.24, 2.45) is 0 Å². The summed E-state index contributed by atoms with van der Waals surface area (Å²) in [5.74, 6) is -0.150. The summed E-state index contributed by atoms with van der Waals surface area (Å²) in [7, 11) is 0. The van der Waals surface area contributed by atoms with E-state index in [4.69, 9.17) is 5.73 Å². The number of pyridine rings is 1. The number of nitrogen functional groups attached to an aromatic ring is 1. The van der Waals surface area contributed by atoms with Gasteiger partial charge in [0.25, 0.3) is 5.91 Å². The molecular weight excluding hydrogens is 384 g/mol. The summed E-state index contributed by atoms with van der Waals surface area (Å²) in [5, 5.41) is 6.37. The third kappa shape index (κ3) is 5.28. The van der Waals surface area contributed by atoms with Crippen molar-refractivity contribution in [3.05, 3.63) is 108 Å². The van der Waals surface area contributed by atoms with E-state index >= 15 is 0 Å². The third-order valence-corrected chi connectivity index (χ3v) is 4.97. The Morgan fingerprint density at radius 1 is 0.806 bits per heavy atom. The largest absolute Gasteiger partial charge is 0.399 e. The van der Waals surface area contributed by atoms with Gasteiger partial charge in [0.1, 0.15) is 0 Å². The van der Waals surface area contributed by atoms with Gasteiger partial charge in [0.2, 0.25) is 0 Å². The SMILES string of the molecule is Nc1ccc(-c2ccccc2C(=O)Nc2ccc(NCCc3ccccn3)cc2)cc1. The maximum Gasteiger partial charge on any atom is 0.256 e. The molecule has 0 aliphatic heterocycles. The van der Waals surface area contributed by atoms with E-state index in [1.54, 1.807) is 6.20 Å². The molecule has 0 aliphatic rings. The summed E-state index contributed by atoms with van der Waals surface area (Å²) in [6.45, 7) is 0.789. The Labute approximate surface area is 182 Å². The Morgan fingerprint density at radius 3 is 2.26 bits per heavy atom. The first kappa shape index (κ1) is 20.2. The van der Waals surface area contributed by atoms with Gasteiger partial charge in [-0.3, -0.25) is 9.78 Å². The normalized spacial score (nSPS) is 10.5. The lowest BCUT2D eigenvalue weighted by Crippen LogP contribution is -2.13. The van der Waals surface area contributed by atoms with Gasteiger partial charge in [-0.15, -0.1) is 0 Å². The number of nitrogens with one attached hydrogen (secondary N) is 2. The van der Waals surface area contributed by atoms with Crippen LogP contribution in [0.1, 0.15) is 16.1 Å². The lowest BCUT2D eigenvalue weighted by atomic mass is 9.99. The van der Waals surface area contributed by atoms with Crippen LogP contribution in [0.2, 0.25) is 0 Å². The minimum absolute atomic E-state index is 0.150. The maximum atomic E-state index is 12.9. The lowest BCUT2D eigenvalue weighted by molar-refractivity contribution is 0.102. The number of nitrogens with zero attached hydrogens (tertiary/aromatic N) is 1. The highest BCUT2D eigenvalue weighted by atomic mass is 16.1. The predicted molar refractivity (Wildman–Crippen MR) is 127 cm³/mol. The van der Waals surface area contributed by atoms with Crippen molar-refractivity contribution >= 4 is 23.0 Å². The number of hydrogen-bond acceptors (Lipinski definition) is 4. The second kappa shape index (κ2) is 9.59. The molecule has 3 aromatic carbocycles. The van der Waals surface area contributed by atoms with Crippen LogP contribution in [0.15, 0.2) is 97.2 Å². The van der Waals surface area contributed by atoms with Crippen LogP contribution in [0.5, 0.6) is 0 Å². The topological polar surface area (TPSA) is 80.0 Å². The van der Waals surface area contributed by atoms with Gasteiger partial charge < -0.3 is 16.4 Å². The van der Waals surface area contributed by atoms with E-state index in [2.05, 4.69) is 15.6 Å². The molecule has 5 heteroatoms. The highest BCUT2D eigenvalue weighted by Crippen LogP contribution is 2.25. The van der Waals surface area contributed by atoms with Gasteiger partial charge >= 0.3 is 0 Å².